The van der Waals surface area contributed by atoms with Crippen molar-refractivity contribution < 1.29 is 9.53 Å². The molecule has 0 radical (unpaired) electrons. The number of hydrogen-bond donors (Lipinski definition) is 2. The number of aliphatic imine (C=N–C) groups is 1. The van der Waals surface area contributed by atoms with Crippen LogP contribution in [0, 0.1) is 11.3 Å². The summed E-state index contributed by atoms with van der Waals surface area (Å²) in [6.45, 7) is 5.76. The number of rotatable bonds is 4. The van der Waals surface area contributed by atoms with Crippen LogP contribution < -0.4 is 0 Å². The van der Waals surface area contributed by atoms with Crippen molar-refractivity contribution in [2.75, 3.05) is 7.05 Å². The second kappa shape index (κ2) is 9.63. The van der Waals surface area contributed by atoms with Crippen molar-refractivity contribution in [2.45, 2.75) is 64.1 Å². The van der Waals surface area contributed by atoms with Gasteiger partial charge >= 0.3 is 6.09 Å². The van der Waals surface area contributed by atoms with Crippen molar-refractivity contribution in [3.63, 3.8) is 0 Å². The van der Waals surface area contributed by atoms with Crippen LogP contribution in [0.3, 0.4) is 0 Å². The highest BCUT2D eigenvalue weighted by atomic mass is 16.6. The molecule has 3 unspecified atom stereocenters. The van der Waals surface area contributed by atoms with Crippen LogP contribution in [0.4, 0.5) is 4.79 Å². The third-order valence-electron chi connectivity index (χ3n) is 8.00. The zero-order chi connectivity index (χ0) is 27.3. The van der Waals surface area contributed by atoms with E-state index in [-0.39, 0.29) is 18.2 Å². The Balaban J connectivity index is 1.30. The molecule has 4 aromatic rings. The first-order valence-corrected chi connectivity index (χ1v) is 13.8. The summed E-state index contributed by atoms with van der Waals surface area (Å²) < 4.78 is 5.83. The molecule has 2 heterocycles. The van der Waals surface area contributed by atoms with Crippen molar-refractivity contribution in [2.24, 2.45) is 10.9 Å². The molecule has 6 rings (SSSR count). The molecule has 39 heavy (non-hydrogen) atoms. The molecule has 2 aliphatic rings. The van der Waals surface area contributed by atoms with Gasteiger partial charge in [0.05, 0.1) is 22.8 Å². The van der Waals surface area contributed by atoms with Crippen molar-refractivity contribution in [1.82, 2.24) is 14.9 Å². The van der Waals surface area contributed by atoms with Crippen LogP contribution in [0.25, 0.3) is 32.9 Å². The molecule has 2 N–H and O–H groups in total. The minimum absolute atomic E-state index is 0.0997. The van der Waals surface area contributed by atoms with Crippen LogP contribution in [0.2, 0.25) is 0 Å². The summed E-state index contributed by atoms with van der Waals surface area (Å²) in [5.74, 6) is 1.34. The lowest BCUT2D eigenvalue weighted by Crippen LogP contribution is -2.41. The Morgan fingerprint density at radius 2 is 1.82 bits per heavy atom. The van der Waals surface area contributed by atoms with E-state index in [0.29, 0.717) is 11.6 Å². The molecular weight excluding hydrogens is 486 g/mol. The molecule has 7 nitrogen and oxygen atoms in total. The highest BCUT2D eigenvalue weighted by molar-refractivity contribution is 6.37. The zero-order valence-corrected chi connectivity index (χ0v) is 23.0. The highest BCUT2D eigenvalue weighted by Crippen LogP contribution is 2.47. The van der Waals surface area contributed by atoms with Gasteiger partial charge in [-0.15, -0.1) is 0 Å². The van der Waals surface area contributed by atoms with Crippen LogP contribution >= 0.6 is 0 Å². The summed E-state index contributed by atoms with van der Waals surface area (Å²) in [4.78, 5) is 27.7. The number of H-pyrrole nitrogens is 1. The monoisotopic (exact) mass is 521 g/mol. The van der Waals surface area contributed by atoms with E-state index in [1.165, 1.54) is 0 Å². The fraction of sp³-hybridized carbons (Fsp3) is 0.375. The van der Waals surface area contributed by atoms with E-state index in [0.717, 1.165) is 70.0 Å². The molecule has 7 heteroatoms. The van der Waals surface area contributed by atoms with Gasteiger partial charge in [0.2, 0.25) is 0 Å². The Kier molecular flexibility index (Phi) is 6.25. The zero-order valence-electron chi connectivity index (χ0n) is 23.0. The number of benzene rings is 3. The van der Waals surface area contributed by atoms with E-state index >= 15 is 0 Å². The van der Waals surface area contributed by atoms with Gasteiger partial charge in [-0.1, -0.05) is 36.8 Å². The van der Waals surface area contributed by atoms with Crippen molar-refractivity contribution in [3.05, 3.63) is 66.0 Å². The summed E-state index contributed by atoms with van der Waals surface area (Å²) in [5, 5.41) is 10.4. The topological polar surface area (TPSA) is 94.4 Å². The molecule has 0 spiro atoms. The summed E-state index contributed by atoms with van der Waals surface area (Å²) in [6.07, 6.45) is 5.59. The molecule has 0 bridgehead atoms. The minimum Gasteiger partial charge on any atom is -0.444 e. The quantitative estimate of drug-likeness (QED) is 0.276. The first-order chi connectivity index (χ1) is 18.7. The van der Waals surface area contributed by atoms with Crippen LogP contribution in [0.15, 0.2) is 59.6 Å². The Hall–Kier alpha value is -4.00. The fourth-order valence-electron chi connectivity index (χ4n) is 6.27. The Labute approximate surface area is 228 Å². The number of fused-ring (bicyclic) bond motifs is 3. The third kappa shape index (κ3) is 4.82. The number of amides is 1. The summed E-state index contributed by atoms with van der Waals surface area (Å²) in [5.41, 5.74) is 4.80. The molecule has 1 aromatic heterocycles. The van der Waals surface area contributed by atoms with E-state index in [1.54, 1.807) is 13.3 Å². The van der Waals surface area contributed by atoms with Crippen molar-refractivity contribution in [1.29, 1.82) is 5.41 Å². The second-order valence-electron chi connectivity index (χ2n) is 11.8. The third-order valence-corrected chi connectivity index (χ3v) is 8.00. The molecule has 1 saturated carbocycles. The molecule has 1 saturated heterocycles. The predicted molar refractivity (Wildman–Crippen MR) is 157 cm³/mol. The SMILES string of the molecule is CN=CC(=N)c1ccc2cc(-c3ccc4nc(C5CC6CCCC6N5C(=O)OC(C)(C)C)[nH]c4c3)ccc2c1. The van der Waals surface area contributed by atoms with Crippen LogP contribution in [-0.2, 0) is 4.74 Å². The molecule has 1 aliphatic heterocycles. The molecule has 1 aliphatic carbocycles. The number of likely N-dealkylation sites (tertiary alicyclic amines) is 1. The maximum atomic E-state index is 13.3. The number of nitrogens with zero attached hydrogens (tertiary/aromatic N) is 3. The normalized spacial score (nSPS) is 21.2. The number of ether oxygens (including phenoxy) is 1. The second-order valence-corrected chi connectivity index (χ2v) is 11.8. The maximum Gasteiger partial charge on any atom is 0.411 e. The van der Waals surface area contributed by atoms with Gasteiger partial charge in [-0.2, -0.15) is 0 Å². The average Bonchev–Trinajstić information content (AvgIpc) is 3.60. The molecule has 3 aromatic carbocycles. The van der Waals surface area contributed by atoms with Gasteiger partial charge in [-0.25, -0.2) is 9.78 Å². The highest BCUT2D eigenvalue weighted by Gasteiger charge is 2.48. The number of nitrogens with one attached hydrogen (secondary N) is 2. The Bertz CT molecular complexity index is 1610. The van der Waals surface area contributed by atoms with E-state index in [2.05, 4.69) is 52.4 Å². The Morgan fingerprint density at radius 3 is 2.62 bits per heavy atom. The summed E-state index contributed by atoms with van der Waals surface area (Å²) in [7, 11) is 1.68. The van der Waals surface area contributed by atoms with Gasteiger partial charge in [0.1, 0.15) is 11.4 Å². The number of carbonyl (C=O) groups is 1. The number of aromatic nitrogens is 2. The number of aromatic amines is 1. The lowest BCUT2D eigenvalue weighted by atomic mass is 9.99. The first-order valence-electron chi connectivity index (χ1n) is 13.8. The van der Waals surface area contributed by atoms with E-state index in [9.17, 15) is 4.79 Å². The van der Waals surface area contributed by atoms with Crippen LogP contribution in [-0.4, -0.2) is 51.6 Å². The van der Waals surface area contributed by atoms with Gasteiger partial charge in [-0.05, 0) is 92.1 Å². The average molecular weight is 522 g/mol. The molecule has 2 fully saturated rings. The van der Waals surface area contributed by atoms with Gasteiger partial charge < -0.3 is 9.72 Å². The summed E-state index contributed by atoms with van der Waals surface area (Å²) in [6, 6.07) is 18.9. The fourth-order valence-corrected chi connectivity index (χ4v) is 6.27. The van der Waals surface area contributed by atoms with Crippen molar-refractivity contribution >= 4 is 39.8 Å². The van der Waals surface area contributed by atoms with E-state index in [1.807, 2.05) is 37.8 Å². The Morgan fingerprint density at radius 1 is 1.08 bits per heavy atom. The number of carbonyl (C=O) groups excluding carboxylic acids is 1. The van der Waals surface area contributed by atoms with Gasteiger partial charge in [0.15, 0.2) is 0 Å². The smallest absolute Gasteiger partial charge is 0.411 e. The van der Waals surface area contributed by atoms with Gasteiger partial charge in [-0.3, -0.25) is 15.3 Å². The largest absolute Gasteiger partial charge is 0.444 e. The van der Waals surface area contributed by atoms with Gasteiger partial charge in [0.25, 0.3) is 0 Å². The maximum absolute atomic E-state index is 13.3. The van der Waals surface area contributed by atoms with Gasteiger partial charge in [0, 0.05) is 24.9 Å². The molecule has 1 amide bonds. The molecule has 3 atom stereocenters. The lowest BCUT2D eigenvalue weighted by Gasteiger charge is -2.31. The number of imidazole rings is 1. The molecule has 200 valence electrons. The van der Waals surface area contributed by atoms with Crippen LogP contribution in [0.1, 0.15) is 63.9 Å². The van der Waals surface area contributed by atoms with E-state index in [4.69, 9.17) is 15.1 Å². The molecular formula is C32H35N5O2. The minimum atomic E-state index is -0.534. The van der Waals surface area contributed by atoms with Crippen molar-refractivity contribution in [3.8, 4) is 11.1 Å². The lowest BCUT2D eigenvalue weighted by molar-refractivity contribution is 0.0130. The van der Waals surface area contributed by atoms with Crippen LogP contribution in [0.5, 0.6) is 0 Å². The first kappa shape index (κ1) is 25.3. The number of hydrogen-bond acceptors (Lipinski definition) is 5. The van der Waals surface area contributed by atoms with E-state index < -0.39 is 5.60 Å². The predicted octanol–water partition coefficient (Wildman–Crippen LogP) is 7.30. The standard InChI is InChI=1S/C32H35N5O2/c1-32(2,3)39-31(38)37-28-7-5-6-24(28)17-29(37)30-35-26-13-12-22(16-27(26)36-30)20-8-9-21-15-23(25(33)18-34-4)11-10-19(21)14-20/h8-16,18,24,28-29,33H,5-7,17H2,1-4H3,(H,35,36). The summed E-state index contributed by atoms with van der Waals surface area (Å²) >= 11 is 0.